The Kier molecular flexibility index (Phi) is 2.94. The smallest absolute Gasteiger partial charge is 0.136 e. The summed E-state index contributed by atoms with van der Waals surface area (Å²) >= 11 is 5.26. The number of rotatable bonds is 1. The first-order valence-electron chi connectivity index (χ1n) is 5.50. The number of benzene rings is 1. The van der Waals surface area contributed by atoms with Gasteiger partial charge in [-0.1, -0.05) is 18.2 Å². The van der Waals surface area contributed by atoms with E-state index in [-0.39, 0.29) is 12.1 Å². The van der Waals surface area contributed by atoms with Crippen LogP contribution >= 0.6 is 27.3 Å². The van der Waals surface area contributed by atoms with Crippen molar-refractivity contribution in [2.45, 2.75) is 18.6 Å². The monoisotopic (exact) mass is 309 g/mol. The summed E-state index contributed by atoms with van der Waals surface area (Å²) < 4.78 is 7.14. The molecule has 4 heteroatoms. The second-order valence-electron chi connectivity index (χ2n) is 4.12. The van der Waals surface area contributed by atoms with Crippen LogP contribution in [0.1, 0.15) is 29.0 Å². The summed E-state index contributed by atoms with van der Waals surface area (Å²) in [5.41, 5.74) is 7.31. The number of hydrogen-bond acceptors (Lipinski definition) is 3. The number of halogens is 1. The highest BCUT2D eigenvalue weighted by molar-refractivity contribution is 9.10. The summed E-state index contributed by atoms with van der Waals surface area (Å²) in [7, 11) is 0. The molecule has 17 heavy (non-hydrogen) atoms. The average molecular weight is 310 g/mol. The van der Waals surface area contributed by atoms with Crippen LogP contribution in [0.4, 0.5) is 0 Å². The van der Waals surface area contributed by atoms with E-state index < -0.39 is 0 Å². The zero-order valence-electron chi connectivity index (χ0n) is 9.10. The molecule has 3 rings (SSSR count). The van der Waals surface area contributed by atoms with E-state index in [1.165, 1.54) is 4.88 Å². The number of hydrogen-bond donors (Lipinski definition) is 1. The molecule has 0 radical (unpaired) electrons. The van der Waals surface area contributed by atoms with E-state index in [9.17, 15) is 0 Å². The third kappa shape index (κ3) is 2.01. The molecule has 1 unspecified atom stereocenters. The van der Waals surface area contributed by atoms with E-state index in [4.69, 9.17) is 10.5 Å². The number of ether oxygens (including phenoxy) is 1. The Morgan fingerprint density at radius 2 is 2.12 bits per heavy atom. The maximum Gasteiger partial charge on any atom is 0.136 e. The molecule has 0 spiro atoms. The fraction of sp³-hybridized carbons (Fsp3) is 0.231. The van der Waals surface area contributed by atoms with E-state index in [0.29, 0.717) is 0 Å². The van der Waals surface area contributed by atoms with Gasteiger partial charge in [-0.3, -0.25) is 0 Å². The van der Waals surface area contributed by atoms with E-state index >= 15 is 0 Å². The van der Waals surface area contributed by atoms with Gasteiger partial charge >= 0.3 is 0 Å². The number of para-hydroxylation sites is 1. The van der Waals surface area contributed by atoms with Crippen molar-refractivity contribution in [1.29, 1.82) is 0 Å². The minimum Gasteiger partial charge on any atom is -0.484 e. The Labute approximate surface area is 113 Å². The maximum absolute atomic E-state index is 6.20. The Balaban J connectivity index is 1.96. The SMILES string of the molecule is N[C@H]1CC(c2sccc2Br)Oc2ccccc21. The van der Waals surface area contributed by atoms with Gasteiger partial charge in [0.05, 0.1) is 4.88 Å². The van der Waals surface area contributed by atoms with Gasteiger partial charge in [-0.2, -0.15) is 0 Å². The highest BCUT2D eigenvalue weighted by Gasteiger charge is 2.28. The molecule has 0 fully saturated rings. The molecule has 1 aromatic carbocycles. The van der Waals surface area contributed by atoms with Crippen molar-refractivity contribution in [3.8, 4) is 5.75 Å². The second kappa shape index (κ2) is 4.44. The first kappa shape index (κ1) is 11.3. The molecule has 2 atom stereocenters. The Morgan fingerprint density at radius 1 is 1.29 bits per heavy atom. The van der Waals surface area contributed by atoms with Crippen LogP contribution in [-0.4, -0.2) is 0 Å². The van der Waals surface area contributed by atoms with E-state index in [0.717, 1.165) is 22.2 Å². The number of fused-ring (bicyclic) bond motifs is 1. The fourth-order valence-corrected chi connectivity index (χ4v) is 3.82. The molecule has 2 aromatic rings. The van der Waals surface area contributed by atoms with Crippen LogP contribution in [0.5, 0.6) is 5.75 Å². The van der Waals surface area contributed by atoms with Gasteiger partial charge in [0.15, 0.2) is 0 Å². The summed E-state index contributed by atoms with van der Waals surface area (Å²) in [6.07, 6.45) is 0.894. The van der Waals surface area contributed by atoms with Gasteiger partial charge in [-0.15, -0.1) is 11.3 Å². The second-order valence-corrected chi connectivity index (χ2v) is 5.92. The molecule has 2 nitrogen and oxygen atoms in total. The van der Waals surface area contributed by atoms with Crippen LogP contribution in [0, 0.1) is 0 Å². The zero-order valence-corrected chi connectivity index (χ0v) is 11.5. The largest absolute Gasteiger partial charge is 0.484 e. The van der Waals surface area contributed by atoms with E-state index in [1.54, 1.807) is 11.3 Å². The molecule has 2 N–H and O–H groups in total. The molecule has 88 valence electrons. The van der Waals surface area contributed by atoms with Gasteiger partial charge < -0.3 is 10.5 Å². The topological polar surface area (TPSA) is 35.2 Å². The summed E-state index contributed by atoms with van der Waals surface area (Å²) in [5.74, 6) is 0.913. The van der Waals surface area contributed by atoms with E-state index in [2.05, 4.69) is 27.4 Å². The summed E-state index contributed by atoms with van der Waals surface area (Å²) in [6.45, 7) is 0. The van der Waals surface area contributed by atoms with Crippen molar-refractivity contribution in [2.75, 3.05) is 0 Å². The van der Waals surface area contributed by atoms with Gasteiger partial charge in [-0.05, 0) is 33.4 Å². The van der Waals surface area contributed by atoms with Gasteiger partial charge in [0, 0.05) is 22.5 Å². The van der Waals surface area contributed by atoms with Crippen molar-refractivity contribution in [3.05, 3.63) is 50.6 Å². The van der Waals surface area contributed by atoms with Crippen molar-refractivity contribution in [1.82, 2.24) is 0 Å². The molecule has 0 bridgehead atoms. The van der Waals surface area contributed by atoms with Crippen LogP contribution in [0.3, 0.4) is 0 Å². The fourth-order valence-electron chi connectivity index (χ4n) is 2.15. The molecular weight excluding hydrogens is 298 g/mol. The number of thiophene rings is 1. The van der Waals surface area contributed by atoms with Crippen LogP contribution < -0.4 is 10.5 Å². The highest BCUT2D eigenvalue weighted by Crippen LogP contribution is 2.42. The number of nitrogens with two attached hydrogens (primary N) is 1. The molecule has 0 amide bonds. The lowest BCUT2D eigenvalue weighted by Gasteiger charge is -2.29. The predicted octanol–water partition coefficient (Wildman–Crippen LogP) is 4.03. The molecule has 1 aromatic heterocycles. The minimum atomic E-state index is 0.0546. The van der Waals surface area contributed by atoms with Crippen molar-refractivity contribution in [3.63, 3.8) is 0 Å². The Hall–Kier alpha value is -0.840. The first-order valence-corrected chi connectivity index (χ1v) is 7.17. The Bertz CT molecular complexity index is 540. The van der Waals surface area contributed by atoms with Gasteiger partial charge in [0.1, 0.15) is 11.9 Å². The first-order chi connectivity index (χ1) is 8.25. The molecule has 0 saturated carbocycles. The maximum atomic E-state index is 6.20. The molecule has 2 heterocycles. The third-order valence-corrected chi connectivity index (χ3v) is 4.96. The normalized spacial score (nSPS) is 22.9. The van der Waals surface area contributed by atoms with Crippen LogP contribution in [0.25, 0.3) is 0 Å². The van der Waals surface area contributed by atoms with Crippen LogP contribution in [-0.2, 0) is 0 Å². The summed E-state index contributed by atoms with van der Waals surface area (Å²) in [6, 6.07) is 10.1. The van der Waals surface area contributed by atoms with Crippen LogP contribution in [0.2, 0.25) is 0 Å². The third-order valence-electron chi connectivity index (χ3n) is 2.99. The van der Waals surface area contributed by atoms with Crippen molar-refractivity contribution >= 4 is 27.3 Å². The summed E-state index contributed by atoms with van der Waals surface area (Å²) in [4.78, 5) is 1.22. The highest BCUT2D eigenvalue weighted by atomic mass is 79.9. The van der Waals surface area contributed by atoms with Crippen LogP contribution in [0.15, 0.2) is 40.2 Å². The molecule has 1 aliphatic rings. The Morgan fingerprint density at radius 3 is 2.88 bits per heavy atom. The lowest BCUT2D eigenvalue weighted by Crippen LogP contribution is -2.23. The van der Waals surface area contributed by atoms with Gasteiger partial charge in [0.25, 0.3) is 0 Å². The lowest BCUT2D eigenvalue weighted by atomic mass is 9.97. The quantitative estimate of drug-likeness (QED) is 0.863. The van der Waals surface area contributed by atoms with Crippen molar-refractivity contribution in [2.24, 2.45) is 5.73 Å². The standard InChI is InChI=1S/C13H12BrNOS/c14-9-5-6-17-13(9)12-7-10(15)8-3-1-2-4-11(8)16-12/h1-6,10,12H,7,15H2/t10-,12?/m0/s1. The lowest BCUT2D eigenvalue weighted by molar-refractivity contribution is 0.164. The van der Waals surface area contributed by atoms with Gasteiger partial charge in [0.2, 0.25) is 0 Å². The molecule has 0 saturated heterocycles. The zero-order chi connectivity index (χ0) is 11.8. The molecular formula is C13H12BrNOS. The molecule has 1 aliphatic heterocycles. The average Bonchev–Trinajstić information content (AvgIpc) is 2.75. The molecule has 0 aliphatic carbocycles. The predicted molar refractivity (Wildman–Crippen MR) is 73.4 cm³/mol. The van der Waals surface area contributed by atoms with Gasteiger partial charge in [-0.25, -0.2) is 0 Å². The summed E-state index contributed by atoms with van der Waals surface area (Å²) in [5, 5.41) is 2.06. The van der Waals surface area contributed by atoms with E-state index in [1.807, 2.05) is 24.3 Å². The minimum absolute atomic E-state index is 0.0546. The van der Waals surface area contributed by atoms with Crippen molar-refractivity contribution < 1.29 is 4.74 Å².